The van der Waals surface area contributed by atoms with E-state index >= 15 is 0 Å². The van der Waals surface area contributed by atoms with Crippen LogP contribution in [0.2, 0.25) is 0 Å². The summed E-state index contributed by atoms with van der Waals surface area (Å²) in [6.07, 6.45) is 3.61. The zero-order valence-electron chi connectivity index (χ0n) is 14.8. The number of nitrogens with zero attached hydrogens (tertiary/aromatic N) is 2. The number of aryl methyl sites for hydroxylation is 1. The molecule has 132 valence electrons. The molecule has 0 spiro atoms. The minimum Gasteiger partial charge on any atom is -0.356 e. The first-order chi connectivity index (χ1) is 10.6. The molecule has 0 aromatic carbocycles. The molecule has 1 aromatic heterocycles. The number of nitrogens with one attached hydrogen (secondary N) is 2. The number of guanidine groups is 1. The van der Waals surface area contributed by atoms with Crippen molar-refractivity contribution >= 4 is 41.3 Å². The van der Waals surface area contributed by atoms with E-state index in [0.29, 0.717) is 6.04 Å². The van der Waals surface area contributed by atoms with Crippen LogP contribution in [0.25, 0.3) is 0 Å². The van der Waals surface area contributed by atoms with Gasteiger partial charge in [0.1, 0.15) is 0 Å². The van der Waals surface area contributed by atoms with Crippen molar-refractivity contribution in [1.29, 1.82) is 0 Å². The molecule has 0 saturated carbocycles. The average Bonchev–Trinajstić information content (AvgIpc) is 2.90. The fourth-order valence-electron chi connectivity index (χ4n) is 2.88. The first-order valence-corrected chi connectivity index (χ1v) is 9.09. The molecule has 0 radical (unpaired) electrons. The Hall–Kier alpha value is -0.340. The number of hydrogen-bond acceptors (Lipinski definition) is 3. The van der Waals surface area contributed by atoms with E-state index in [1.165, 1.54) is 35.7 Å². The lowest BCUT2D eigenvalue weighted by Gasteiger charge is -2.29. The second-order valence-corrected chi connectivity index (χ2v) is 7.83. The SMILES string of the molecule is CN=C(NCC1CCN(C)CC1)NC(C)Cc1ccc(C)s1.I. The summed E-state index contributed by atoms with van der Waals surface area (Å²) in [7, 11) is 4.06. The van der Waals surface area contributed by atoms with Gasteiger partial charge in [-0.3, -0.25) is 4.99 Å². The van der Waals surface area contributed by atoms with E-state index in [9.17, 15) is 0 Å². The molecule has 1 saturated heterocycles. The van der Waals surface area contributed by atoms with Gasteiger partial charge in [0.05, 0.1) is 0 Å². The van der Waals surface area contributed by atoms with Crippen molar-refractivity contribution in [1.82, 2.24) is 15.5 Å². The number of aliphatic imine (C=N–C) groups is 1. The largest absolute Gasteiger partial charge is 0.356 e. The monoisotopic (exact) mass is 450 g/mol. The molecule has 1 fully saturated rings. The van der Waals surface area contributed by atoms with Crippen LogP contribution in [0.1, 0.15) is 29.5 Å². The second kappa shape index (κ2) is 10.5. The molecule has 1 aliphatic rings. The molecule has 1 unspecified atom stereocenters. The first-order valence-electron chi connectivity index (χ1n) is 8.28. The predicted molar refractivity (Wildman–Crippen MR) is 112 cm³/mol. The lowest BCUT2D eigenvalue weighted by Crippen LogP contribution is -2.45. The maximum absolute atomic E-state index is 4.36. The van der Waals surface area contributed by atoms with Gasteiger partial charge in [-0.05, 0) is 64.9 Å². The Bertz CT molecular complexity index is 481. The molecular weight excluding hydrogens is 419 g/mol. The second-order valence-electron chi connectivity index (χ2n) is 6.46. The van der Waals surface area contributed by atoms with Gasteiger partial charge in [-0.25, -0.2) is 0 Å². The number of piperidine rings is 1. The molecule has 0 bridgehead atoms. The van der Waals surface area contributed by atoms with E-state index < -0.39 is 0 Å². The predicted octanol–water partition coefficient (Wildman–Crippen LogP) is 3.11. The Morgan fingerprint density at radius 1 is 1.39 bits per heavy atom. The van der Waals surface area contributed by atoms with Crippen LogP contribution in [0.5, 0.6) is 0 Å². The molecule has 0 aliphatic carbocycles. The summed E-state index contributed by atoms with van der Waals surface area (Å²) >= 11 is 1.88. The third kappa shape index (κ3) is 7.39. The molecule has 2 heterocycles. The van der Waals surface area contributed by atoms with Crippen LogP contribution in [0.15, 0.2) is 17.1 Å². The van der Waals surface area contributed by atoms with E-state index in [4.69, 9.17) is 0 Å². The summed E-state index contributed by atoms with van der Waals surface area (Å²) < 4.78 is 0. The van der Waals surface area contributed by atoms with Crippen molar-refractivity contribution in [2.45, 2.75) is 39.2 Å². The van der Waals surface area contributed by atoms with Gasteiger partial charge in [-0.2, -0.15) is 0 Å². The highest BCUT2D eigenvalue weighted by Crippen LogP contribution is 2.17. The summed E-state index contributed by atoms with van der Waals surface area (Å²) in [5.74, 6) is 1.70. The zero-order chi connectivity index (χ0) is 15.9. The number of thiophene rings is 1. The topological polar surface area (TPSA) is 39.7 Å². The van der Waals surface area contributed by atoms with Crippen LogP contribution in [0, 0.1) is 12.8 Å². The van der Waals surface area contributed by atoms with Crippen molar-refractivity contribution in [3.8, 4) is 0 Å². The number of rotatable bonds is 5. The fourth-order valence-corrected chi connectivity index (χ4v) is 3.90. The van der Waals surface area contributed by atoms with Crippen LogP contribution in [-0.4, -0.2) is 50.6 Å². The maximum atomic E-state index is 4.36. The molecule has 1 aliphatic heterocycles. The summed E-state index contributed by atoms with van der Waals surface area (Å²) in [6.45, 7) is 7.84. The molecule has 23 heavy (non-hydrogen) atoms. The number of hydrogen-bond donors (Lipinski definition) is 2. The summed E-state index contributed by atoms with van der Waals surface area (Å²) in [4.78, 5) is 9.59. The van der Waals surface area contributed by atoms with Crippen LogP contribution in [-0.2, 0) is 6.42 Å². The summed E-state index contributed by atoms with van der Waals surface area (Å²) in [5.41, 5.74) is 0. The van der Waals surface area contributed by atoms with E-state index in [2.05, 4.69) is 53.6 Å². The molecule has 1 aromatic rings. The quantitative estimate of drug-likeness (QED) is 0.412. The van der Waals surface area contributed by atoms with Gasteiger partial charge < -0.3 is 15.5 Å². The zero-order valence-corrected chi connectivity index (χ0v) is 17.9. The average molecular weight is 450 g/mol. The van der Waals surface area contributed by atoms with Crippen molar-refractivity contribution in [2.24, 2.45) is 10.9 Å². The molecule has 0 amide bonds. The van der Waals surface area contributed by atoms with E-state index in [1.54, 1.807) is 0 Å². The molecule has 6 heteroatoms. The van der Waals surface area contributed by atoms with Crippen molar-refractivity contribution in [3.63, 3.8) is 0 Å². The van der Waals surface area contributed by atoms with Gasteiger partial charge in [0.15, 0.2) is 5.96 Å². The van der Waals surface area contributed by atoms with Gasteiger partial charge in [0.2, 0.25) is 0 Å². The third-order valence-electron chi connectivity index (χ3n) is 4.31. The Morgan fingerprint density at radius 3 is 2.65 bits per heavy atom. The molecular formula is C17H31IN4S. The van der Waals surface area contributed by atoms with Crippen molar-refractivity contribution in [2.75, 3.05) is 33.7 Å². The van der Waals surface area contributed by atoms with Crippen molar-refractivity contribution in [3.05, 3.63) is 21.9 Å². The van der Waals surface area contributed by atoms with E-state index in [1.807, 2.05) is 18.4 Å². The Kier molecular flexibility index (Phi) is 9.46. The van der Waals surface area contributed by atoms with Crippen LogP contribution >= 0.6 is 35.3 Å². The molecule has 4 nitrogen and oxygen atoms in total. The molecule has 2 rings (SSSR count). The molecule has 2 N–H and O–H groups in total. The summed E-state index contributed by atoms with van der Waals surface area (Å²) in [6, 6.07) is 4.81. The standard InChI is InChI=1S/C17H30N4S.HI/c1-13(11-16-6-5-14(2)22-16)20-17(18-3)19-12-15-7-9-21(4)10-8-15;/h5-6,13,15H,7-12H2,1-4H3,(H2,18,19,20);1H. The Labute approximate surface area is 162 Å². The fraction of sp³-hybridized carbons (Fsp3) is 0.706. The van der Waals surface area contributed by atoms with E-state index in [0.717, 1.165) is 24.8 Å². The lowest BCUT2D eigenvalue weighted by atomic mass is 9.97. The van der Waals surface area contributed by atoms with Crippen LogP contribution < -0.4 is 10.6 Å². The van der Waals surface area contributed by atoms with Crippen molar-refractivity contribution < 1.29 is 0 Å². The van der Waals surface area contributed by atoms with Gasteiger partial charge in [0.25, 0.3) is 0 Å². The normalized spacial score (nSPS) is 18.3. The highest BCUT2D eigenvalue weighted by Gasteiger charge is 2.17. The van der Waals surface area contributed by atoms with Gasteiger partial charge in [-0.15, -0.1) is 35.3 Å². The smallest absolute Gasteiger partial charge is 0.191 e. The lowest BCUT2D eigenvalue weighted by molar-refractivity contribution is 0.220. The van der Waals surface area contributed by atoms with Gasteiger partial charge in [0, 0.05) is 35.8 Å². The minimum absolute atomic E-state index is 0. The van der Waals surface area contributed by atoms with Crippen LogP contribution in [0.4, 0.5) is 0 Å². The molecule has 1 atom stereocenters. The third-order valence-corrected chi connectivity index (χ3v) is 5.33. The van der Waals surface area contributed by atoms with E-state index in [-0.39, 0.29) is 24.0 Å². The van der Waals surface area contributed by atoms with Crippen LogP contribution in [0.3, 0.4) is 0 Å². The number of halogens is 1. The highest BCUT2D eigenvalue weighted by atomic mass is 127. The maximum Gasteiger partial charge on any atom is 0.191 e. The van der Waals surface area contributed by atoms with Gasteiger partial charge >= 0.3 is 0 Å². The summed E-state index contributed by atoms with van der Waals surface area (Å²) in [5, 5.41) is 7.01. The highest BCUT2D eigenvalue weighted by molar-refractivity contribution is 14.0. The first kappa shape index (κ1) is 20.7. The Balaban J connectivity index is 0.00000264. The van der Waals surface area contributed by atoms with Gasteiger partial charge in [-0.1, -0.05) is 0 Å². The Morgan fingerprint density at radius 2 is 2.09 bits per heavy atom. The number of likely N-dealkylation sites (tertiary alicyclic amines) is 1. The minimum atomic E-state index is 0.